The minimum Gasteiger partial charge on any atom is -0.550 e. The van der Waals surface area contributed by atoms with Gasteiger partial charge in [0.15, 0.2) is 0 Å². The van der Waals surface area contributed by atoms with Crippen LogP contribution in [0, 0.1) is 0 Å². The number of rotatable bonds is 3. The van der Waals surface area contributed by atoms with Gasteiger partial charge in [0, 0.05) is 18.0 Å². The van der Waals surface area contributed by atoms with E-state index in [1.54, 1.807) is 11.3 Å². The monoisotopic (exact) mass is 268 g/mol. The Balaban J connectivity index is 2.04. The number of hydrogen-bond acceptors (Lipinski definition) is 4. The van der Waals surface area contributed by atoms with Gasteiger partial charge in [-0.05, 0) is 17.7 Å². The van der Waals surface area contributed by atoms with Gasteiger partial charge in [-0.15, -0.1) is 11.3 Å². The average molecular weight is 268 g/mol. The fraction of sp³-hybridized carbons (Fsp3) is 0.0667. The molecule has 1 heterocycles. The second-order valence-corrected chi connectivity index (χ2v) is 5.27. The van der Waals surface area contributed by atoms with Crippen LogP contribution in [0.25, 0.3) is 20.8 Å². The number of hydrogen-bond donors (Lipinski definition) is 0. The van der Waals surface area contributed by atoms with Gasteiger partial charge in [0.2, 0.25) is 0 Å². The number of aliphatic carboxylic acids is 1. The van der Waals surface area contributed by atoms with Gasteiger partial charge >= 0.3 is 0 Å². The molecule has 0 aliphatic carbocycles. The van der Waals surface area contributed by atoms with Crippen LogP contribution >= 0.6 is 11.3 Å². The molecule has 0 saturated carbocycles. The molecule has 0 saturated heterocycles. The fourth-order valence-electron chi connectivity index (χ4n) is 1.95. The van der Waals surface area contributed by atoms with Gasteiger partial charge in [-0.1, -0.05) is 36.4 Å². The van der Waals surface area contributed by atoms with Crippen molar-refractivity contribution in [1.82, 2.24) is 4.98 Å². The number of thiazole rings is 1. The number of aromatic nitrogens is 1. The third-order valence-corrected chi connectivity index (χ3v) is 3.91. The molecule has 0 unspecified atom stereocenters. The van der Waals surface area contributed by atoms with E-state index in [0.717, 1.165) is 26.4 Å². The predicted molar refractivity (Wildman–Crippen MR) is 73.8 cm³/mol. The van der Waals surface area contributed by atoms with Gasteiger partial charge in [-0.25, -0.2) is 4.98 Å². The van der Waals surface area contributed by atoms with Gasteiger partial charge in [-0.2, -0.15) is 0 Å². The molecule has 4 heteroatoms. The van der Waals surface area contributed by atoms with Crippen molar-refractivity contribution in [3.63, 3.8) is 0 Å². The van der Waals surface area contributed by atoms with Gasteiger partial charge in [0.1, 0.15) is 5.01 Å². The highest BCUT2D eigenvalue weighted by Crippen LogP contribution is 2.30. The van der Waals surface area contributed by atoms with Crippen molar-refractivity contribution in [2.75, 3.05) is 0 Å². The predicted octanol–water partition coefficient (Wildman–Crippen LogP) is 2.26. The van der Waals surface area contributed by atoms with Crippen LogP contribution in [0.15, 0.2) is 48.5 Å². The lowest BCUT2D eigenvalue weighted by Gasteiger charge is -2.01. The molecule has 0 amide bonds. The van der Waals surface area contributed by atoms with E-state index in [4.69, 9.17) is 0 Å². The van der Waals surface area contributed by atoms with Crippen molar-refractivity contribution >= 4 is 27.5 Å². The van der Waals surface area contributed by atoms with Crippen LogP contribution in [-0.4, -0.2) is 11.0 Å². The van der Waals surface area contributed by atoms with Crippen LogP contribution in [0.5, 0.6) is 0 Å². The molecule has 3 rings (SSSR count). The lowest BCUT2D eigenvalue weighted by atomic mass is 10.1. The minimum absolute atomic E-state index is 0.0753. The summed E-state index contributed by atoms with van der Waals surface area (Å²) in [5, 5.41) is 11.5. The molecule has 3 nitrogen and oxygen atoms in total. The first kappa shape index (κ1) is 11.9. The summed E-state index contributed by atoms with van der Waals surface area (Å²) in [6.45, 7) is 0. The molecule has 19 heavy (non-hydrogen) atoms. The van der Waals surface area contributed by atoms with Gasteiger partial charge in [0.05, 0.1) is 10.2 Å². The molecule has 0 fully saturated rings. The summed E-state index contributed by atoms with van der Waals surface area (Å²) in [5.41, 5.74) is 2.63. The standard InChI is InChI=1S/C15H11NO2S/c17-14(18)9-10-6-7-13-12(8-10)16-15(19-13)11-4-2-1-3-5-11/h1-8H,9H2,(H,17,18)/p-1. The van der Waals surface area contributed by atoms with Crippen molar-refractivity contribution in [2.45, 2.75) is 6.42 Å². The van der Waals surface area contributed by atoms with Crippen LogP contribution in [0.1, 0.15) is 5.56 Å². The largest absolute Gasteiger partial charge is 0.550 e. The summed E-state index contributed by atoms with van der Waals surface area (Å²) in [5.74, 6) is -1.07. The van der Waals surface area contributed by atoms with Gasteiger partial charge in [-0.3, -0.25) is 0 Å². The fourth-order valence-corrected chi connectivity index (χ4v) is 2.91. The van der Waals surface area contributed by atoms with Crippen molar-refractivity contribution in [1.29, 1.82) is 0 Å². The lowest BCUT2D eigenvalue weighted by Crippen LogP contribution is -2.24. The maximum Gasteiger partial charge on any atom is 0.124 e. The highest BCUT2D eigenvalue weighted by molar-refractivity contribution is 7.21. The zero-order valence-electron chi connectivity index (χ0n) is 10.00. The molecule has 0 atom stereocenters. The Kier molecular flexibility index (Phi) is 3.01. The third kappa shape index (κ3) is 2.48. The summed E-state index contributed by atoms with van der Waals surface area (Å²) in [6.07, 6.45) is -0.0753. The highest BCUT2D eigenvalue weighted by Gasteiger charge is 2.06. The molecule has 0 aliphatic rings. The van der Waals surface area contributed by atoms with Crippen molar-refractivity contribution in [3.8, 4) is 10.6 Å². The zero-order chi connectivity index (χ0) is 13.2. The first-order chi connectivity index (χ1) is 9.22. The SMILES string of the molecule is O=C([O-])Cc1ccc2sc(-c3ccccc3)nc2c1. The summed E-state index contributed by atoms with van der Waals surface area (Å²) in [7, 11) is 0. The van der Waals surface area contributed by atoms with Crippen LogP contribution in [0.4, 0.5) is 0 Å². The summed E-state index contributed by atoms with van der Waals surface area (Å²) in [4.78, 5) is 15.2. The van der Waals surface area contributed by atoms with Crippen molar-refractivity contribution < 1.29 is 9.90 Å². The molecule has 2 aromatic carbocycles. The Hall–Kier alpha value is -2.20. The van der Waals surface area contributed by atoms with Crippen LogP contribution in [0.2, 0.25) is 0 Å². The smallest absolute Gasteiger partial charge is 0.124 e. The van der Waals surface area contributed by atoms with Crippen LogP contribution in [0.3, 0.4) is 0 Å². The quantitative estimate of drug-likeness (QED) is 0.732. The van der Waals surface area contributed by atoms with E-state index in [9.17, 15) is 9.90 Å². The Labute approximate surface area is 114 Å². The minimum atomic E-state index is -1.07. The maximum absolute atomic E-state index is 10.6. The highest BCUT2D eigenvalue weighted by atomic mass is 32.1. The van der Waals surface area contributed by atoms with E-state index in [2.05, 4.69) is 4.98 Å². The number of fused-ring (bicyclic) bond motifs is 1. The number of nitrogens with zero attached hydrogens (tertiary/aromatic N) is 1. The van der Waals surface area contributed by atoms with E-state index in [1.807, 2.05) is 48.5 Å². The Morgan fingerprint density at radius 3 is 2.68 bits per heavy atom. The molecular formula is C15H10NO2S-. The zero-order valence-corrected chi connectivity index (χ0v) is 10.8. The topological polar surface area (TPSA) is 53.0 Å². The Morgan fingerprint density at radius 1 is 1.16 bits per heavy atom. The molecule has 0 radical (unpaired) electrons. The molecule has 0 bridgehead atoms. The second-order valence-electron chi connectivity index (χ2n) is 4.24. The number of carboxylic acids is 1. The number of carbonyl (C=O) groups excluding carboxylic acids is 1. The number of carbonyl (C=O) groups is 1. The summed E-state index contributed by atoms with van der Waals surface area (Å²) < 4.78 is 1.06. The van der Waals surface area contributed by atoms with E-state index in [0.29, 0.717) is 0 Å². The number of carboxylic acid groups (broad SMARTS) is 1. The molecule has 0 aliphatic heterocycles. The lowest BCUT2D eigenvalue weighted by molar-refractivity contribution is -0.304. The molecule has 3 aromatic rings. The molecule has 94 valence electrons. The van der Waals surface area contributed by atoms with E-state index >= 15 is 0 Å². The average Bonchev–Trinajstić information content (AvgIpc) is 2.82. The summed E-state index contributed by atoms with van der Waals surface area (Å²) in [6, 6.07) is 15.5. The molecular weight excluding hydrogens is 258 g/mol. The normalized spacial score (nSPS) is 10.7. The Morgan fingerprint density at radius 2 is 1.95 bits per heavy atom. The molecule has 1 aromatic heterocycles. The maximum atomic E-state index is 10.6. The first-order valence-electron chi connectivity index (χ1n) is 5.87. The van der Waals surface area contributed by atoms with Crippen LogP contribution < -0.4 is 5.11 Å². The summed E-state index contributed by atoms with van der Waals surface area (Å²) >= 11 is 1.60. The van der Waals surface area contributed by atoms with E-state index in [1.165, 1.54) is 0 Å². The second kappa shape index (κ2) is 4.82. The first-order valence-corrected chi connectivity index (χ1v) is 6.69. The Bertz CT molecular complexity index is 734. The molecule has 0 spiro atoms. The molecule has 0 N–H and O–H groups in total. The van der Waals surface area contributed by atoms with Gasteiger partial charge < -0.3 is 9.90 Å². The van der Waals surface area contributed by atoms with Crippen LogP contribution in [-0.2, 0) is 11.2 Å². The van der Waals surface area contributed by atoms with E-state index < -0.39 is 5.97 Å². The van der Waals surface area contributed by atoms with E-state index in [-0.39, 0.29) is 6.42 Å². The van der Waals surface area contributed by atoms with Gasteiger partial charge in [0.25, 0.3) is 0 Å². The number of benzene rings is 2. The third-order valence-electron chi connectivity index (χ3n) is 2.82. The van der Waals surface area contributed by atoms with Crippen molar-refractivity contribution in [2.24, 2.45) is 0 Å². The van der Waals surface area contributed by atoms with Crippen molar-refractivity contribution in [3.05, 3.63) is 54.1 Å².